The molecule has 0 saturated carbocycles. The van der Waals surface area contributed by atoms with E-state index in [2.05, 4.69) is 14.7 Å². The largest absolute Gasteiger partial charge is 0.394 e. The Balaban J connectivity index is 2.52. The lowest BCUT2D eigenvalue weighted by atomic mass is 10.2. The summed E-state index contributed by atoms with van der Waals surface area (Å²) in [6.45, 7) is 4.18. The second-order valence-corrected chi connectivity index (χ2v) is 3.55. The van der Waals surface area contributed by atoms with Crippen molar-refractivity contribution in [2.75, 3.05) is 11.9 Å². The lowest BCUT2D eigenvalue weighted by molar-refractivity contribution is 0.272. The van der Waals surface area contributed by atoms with Gasteiger partial charge in [-0.2, -0.15) is 4.37 Å². The Morgan fingerprint density at radius 3 is 2.77 bits per heavy atom. The van der Waals surface area contributed by atoms with Gasteiger partial charge < -0.3 is 10.4 Å². The molecule has 1 rings (SSSR count). The molecule has 0 saturated heterocycles. The number of hydrogen-bond acceptors (Lipinski definition) is 5. The van der Waals surface area contributed by atoms with Crippen molar-refractivity contribution in [3.05, 3.63) is 5.82 Å². The Kier molecular flexibility index (Phi) is 4.11. The second kappa shape index (κ2) is 5.14. The molecule has 0 radical (unpaired) electrons. The number of nitrogens with zero attached hydrogens (tertiary/aromatic N) is 2. The average molecular weight is 201 g/mol. The molecule has 2 N–H and O–H groups in total. The van der Waals surface area contributed by atoms with E-state index in [4.69, 9.17) is 5.11 Å². The predicted octanol–water partition coefficient (Wildman–Crippen LogP) is 1.28. The van der Waals surface area contributed by atoms with E-state index in [1.165, 1.54) is 11.5 Å². The van der Waals surface area contributed by atoms with E-state index in [-0.39, 0.29) is 12.6 Å². The zero-order valence-corrected chi connectivity index (χ0v) is 8.77. The summed E-state index contributed by atoms with van der Waals surface area (Å²) in [6.07, 6.45) is 1.74. The summed E-state index contributed by atoms with van der Waals surface area (Å²) in [5, 5.41) is 12.9. The van der Waals surface area contributed by atoms with E-state index < -0.39 is 0 Å². The maximum atomic E-state index is 8.95. The van der Waals surface area contributed by atoms with Gasteiger partial charge in [-0.1, -0.05) is 13.8 Å². The predicted molar refractivity (Wildman–Crippen MR) is 54.1 cm³/mol. The fourth-order valence-corrected chi connectivity index (χ4v) is 1.63. The van der Waals surface area contributed by atoms with Crippen LogP contribution in [0.25, 0.3) is 0 Å². The van der Waals surface area contributed by atoms with Crippen LogP contribution in [0.15, 0.2) is 0 Å². The summed E-state index contributed by atoms with van der Waals surface area (Å²) in [4.78, 5) is 4.25. The lowest BCUT2D eigenvalue weighted by Crippen LogP contribution is -2.22. The molecule has 0 aliphatic carbocycles. The summed E-state index contributed by atoms with van der Waals surface area (Å²) in [6, 6.07) is 0.0951. The Bertz CT molecular complexity index is 247. The van der Waals surface area contributed by atoms with Crippen LogP contribution in [0.1, 0.15) is 26.1 Å². The third-order valence-electron chi connectivity index (χ3n) is 1.83. The highest BCUT2D eigenvalue weighted by molar-refractivity contribution is 7.09. The molecule has 0 unspecified atom stereocenters. The van der Waals surface area contributed by atoms with Crippen molar-refractivity contribution < 1.29 is 5.11 Å². The quantitative estimate of drug-likeness (QED) is 0.753. The van der Waals surface area contributed by atoms with Crippen LogP contribution in [0.2, 0.25) is 0 Å². The summed E-state index contributed by atoms with van der Waals surface area (Å²) in [7, 11) is 0. The van der Waals surface area contributed by atoms with Gasteiger partial charge in [0.2, 0.25) is 5.13 Å². The van der Waals surface area contributed by atoms with Gasteiger partial charge in [0.15, 0.2) is 0 Å². The van der Waals surface area contributed by atoms with Gasteiger partial charge in [-0.05, 0) is 6.42 Å². The molecule has 74 valence electrons. The number of anilines is 1. The zero-order chi connectivity index (χ0) is 9.68. The van der Waals surface area contributed by atoms with Crippen molar-refractivity contribution in [1.82, 2.24) is 9.36 Å². The molecule has 0 bridgehead atoms. The molecule has 0 aromatic carbocycles. The van der Waals surface area contributed by atoms with Crippen LogP contribution in [0.4, 0.5) is 5.13 Å². The van der Waals surface area contributed by atoms with Crippen molar-refractivity contribution in [1.29, 1.82) is 0 Å². The highest BCUT2D eigenvalue weighted by Crippen LogP contribution is 2.13. The van der Waals surface area contributed by atoms with Crippen LogP contribution < -0.4 is 5.32 Å². The molecule has 1 heterocycles. The maximum absolute atomic E-state index is 8.95. The molecule has 5 heteroatoms. The fourth-order valence-electron chi connectivity index (χ4n) is 0.908. The number of hydrogen-bond donors (Lipinski definition) is 2. The number of rotatable bonds is 5. The average Bonchev–Trinajstić information content (AvgIpc) is 2.61. The molecule has 1 atom stereocenters. The molecule has 0 aliphatic heterocycles. The number of aliphatic hydroxyl groups excluding tert-OH is 1. The minimum absolute atomic E-state index is 0.0951. The minimum atomic E-state index is 0.0951. The second-order valence-electron chi connectivity index (χ2n) is 2.80. The summed E-state index contributed by atoms with van der Waals surface area (Å²) < 4.78 is 4.14. The molecule has 0 aliphatic rings. The van der Waals surface area contributed by atoms with Crippen LogP contribution in [0.3, 0.4) is 0 Å². The third kappa shape index (κ3) is 2.93. The van der Waals surface area contributed by atoms with Crippen LogP contribution in [0, 0.1) is 0 Å². The van der Waals surface area contributed by atoms with Crippen LogP contribution in [-0.4, -0.2) is 27.1 Å². The third-order valence-corrected chi connectivity index (χ3v) is 2.51. The van der Waals surface area contributed by atoms with E-state index in [0.717, 1.165) is 23.8 Å². The number of nitrogens with one attached hydrogen (secondary N) is 1. The lowest BCUT2D eigenvalue weighted by Gasteiger charge is -2.11. The minimum Gasteiger partial charge on any atom is -0.394 e. The van der Waals surface area contributed by atoms with E-state index in [0.29, 0.717) is 0 Å². The van der Waals surface area contributed by atoms with E-state index in [1.807, 2.05) is 13.8 Å². The Labute approximate surface area is 82.2 Å². The standard InChI is InChI=1S/C8H15N3OS/c1-3-6(5-12)9-8-10-7(4-2)11-13-8/h6,12H,3-5H2,1-2H3,(H,9,10,11)/t6-/m0/s1. The molecule has 13 heavy (non-hydrogen) atoms. The van der Waals surface area contributed by atoms with Gasteiger partial charge in [0, 0.05) is 18.0 Å². The van der Waals surface area contributed by atoms with E-state index in [9.17, 15) is 0 Å². The van der Waals surface area contributed by atoms with Crippen molar-refractivity contribution >= 4 is 16.7 Å². The van der Waals surface area contributed by atoms with E-state index in [1.54, 1.807) is 0 Å². The first kappa shape index (κ1) is 10.4. The van der Waals surface area contributed by atoms with Gasteiger partial charge in [0.1, 0.15) is 5.82 Å². The Morgan fingerprint density at radius 1 is 1.54 bits per heavy atom. The smallest absolute Gasteiger partial charge is 0.202 e. The summed E-state index contributed by atoms with van der Waals surface area (Å²) >= 11 is 1.35. The monoisotopic (exact) mass is 201 g/mol. The van der Waals surface area contributed by atoms with Gasteiger partial charge >= 0.3 is 0 Å². The molecule has 0 spiro atoms. The first-order chi connectivity index (χ1) is 6.30. The van der Waals surface area contributed by atoms with Crippen molar-refractivity contribution in [2.45, 2.75) is 32.7 Å². The van der Waals surface area contributed by atoms with Crippen molar-refractivity contribution in [3.63, 3.8) is 0 Å². The number of aryl methyl sites for hydroxylation is 1. The summed E-state index contributed by atoms with van der Waals surface area (Å²) in [5.41, 5.74) is 0. The van der Waals surface area contributed by atoms with Crippen molar-refractivity contribution in [2.24, 2.45) is 0 Å². The van der Waals surface area contributed by atoms with E-state index >= 15 is 0 Å². The normalized spacial score (nSPS) is 12.8. The van der Waals surface area contributed by atoms with Crippen LogP contribution in [-0.2, 0) is 6.42 Å². The molecule has 4 nitrogen and oxygen atoms in total. The van der Waals surface area contributed by atoms with Gasteiger partial charge in [-0.25, -0.2) is 4.98 Å². The molecule has 0 fully saturated rings. The molecule has 1 aromatic rings. The van der Waals surface area contributed by atoms with Gasteiger partial charge in [-0.3, -0.25) is 0 Å². The Hall–Kier alpha value is -0.680. The van der Waals surface area contributed by atoms with Gasteiger partial charge in [-0.15, -0.1) is 0 Å². The maximum Gasteiger partial charge on any atom is 0.202 e. The summed E-state index contributed by atoms with van der Waals surface area (Å²) in [5.74, 6) is 0.861. The van der Waals surface area contributed by atoms with Crippen LogP contribution in [0.5, 0.6) is 0 Å². The van der Waals surface area contributed by atoms with Crippen molar-refractivity contribution in [3.8, 4) is 0 Å². The first-order valence-electron chi connectivity index (χ1n) is 4.50. The zero-order valence-electron chi connectivity index (χ0n) is 7.95. The fraction of sp³-hybridized carbons (Fsp3) is 0.750. The molecule has 0 amide bonds. The SMILES string of the molecule is CCc1nsc(N[C@@H](CC)CO)n1. The number of aromatic nitrogens is 2. The number of aliphatic hydroxyl groups is 1. The highest BCUT2D eigenvalue weighted by atomic mass is 32.1. The molecular weight excluding hydrogens is 186 g/mol. The molecular formula is C8H15N3OS. The van der Waals surface area contributed by atoms with Gasteiger partial charge in [0.05, 0.1) is 12.6 Å². The van der Waals surface area contributed by atoms with Gasteiger partial charge in [0.25, 0.3) is 0 Å². The molecule has 1 aromatic heterocycles. The first-order valence-corrected chi connectivity index (χ1v) is 5.27. The highest BCUT2D eigenvalue weighted by Gasteiger charge is 2.07. The Morgan fingerprint density at radius 2 is 2.31 bits per heavy atom. The van der Waals surface area contributed by atoms with Crippen LogP contribution >= 0.6 is 11.5 Å². The topological polar surface area (TPSA) is 58.0 Å².